The monoisotopic (exact) mass is 404 g/mol. The van der Waals surface area contributed by atoms with Crippen molar-refractivity contribution in [1.82, 2.24) is 4.90 Å². The molecule has 7 nitrogen and oxygen atoms in total. The van der Waals surface area contributed by atoms with E-state index in [-0.39, 0.29) is 12.1 Å². The summed E-state index contributed by atoms with van der Waals surface area (Å²) < 4.78 is 31.1. The predicted octanol–water partition coefficient (Wildman–Crippen LogP) is 3.42. The first kappa shape index (κ1) is 20.4. The third-order valence-electron chi connectivity index (χ3n) is 4.78. The first-order valence-electron chi connectivity index (χ1n) is 9.31. The van der Waals surface area contributed by atoms with Crippen LogP contribution < -0.4 is 10.0 Å². The van der Waals surface area contributed by atoms with Gasteiger partial charge in [0.25, 0.3) is 0 Å². The summed E-state index contributed by atoms with van der Waals surface area (Å²) in [5.74, 6) is 0. The minimum atomic E-state index is -2.44. The molecule has 0 radical (unpaired) electrons. The molecule has 2 N–H and O–H groups in total. The number of carbonyl (C=O) groups excluding carboxylic acids is 1. The fourth-order valence-corrected chi connectivity index (χ4v) is 4.28. The highest BCUT2D eigenvalue weighted by molar-refractivity contribution is 7.80. The maximum absolute atomic E-state index is 12.3. The zero-order valence-electron chi connectivity index (χ0n) is 16.4. The summed E-state index contributed by atoms with van der Waals surface area (Å²) in [6.45, 7) is 6.37. The normalized spacial score (nSPS) is 16.8. The number of nitrogen functional groups attached to an aromatic ring is 1. The number of fused-ring (bicyclic) bond motifs is 1. The van der Waals surface area contributed by atoms with Crippen LogP contribution in [-0.2, 0) is 16.0 Å². The van der Waals surface area contributed by atoms with Gasteiger partial charge in [0.05, 0.1) is 5.69 Å². The third kappa shape index (κ3) is 4.39. The zero-order valence-corrected chi connectivity index (χ0v) is 17.2. The van der Waals surface area contributed by atoms with Gasteiger partial charge in [-0.25, -0.2) is 4.79 Å². The molecule has 0 bridgehead atoms. The average Bonchev–Trinajstić information content (AvgIpc) is 2.63. The first-order chi connectivity index (χ1) is 13.2. The van der Waals surface area contributed by atoms with Gasteiger partial charge in [0.2, 0.25) is 0 Å². The summed E-state index contributed by atoms with van der Waals surface area (Å²) in [6.07, 6.45) is 0.705. The van der Waals surface area contributed by atoms with Crippen LogP contribution in [0.5, 0.6) is 0 Å². The molecule has 1 atom stereocenters. The minimum Gasteiger partial charge on any atom is -0.755 e. The maximum atomic E-state index is 12.3. The van der Waals surface area contributed by atoms with Crippen LogP contribution in [0.2, 0.25) is 0 Å². The van der Waals surface area contributed by atoms with Gasteiger partial charge in [-0.05, 0) is 45.7 Å². The number of nitrogens with two attached hydrogens (primary N) is 1. The Hall–Kier alpha value is -2.32. The van der Waals surface area contributed by atoms with Crippen molar-refractivity contribution in [2.24, 2.45) is 0 Å². The van der Waals surface area contributed by atoms with Crippen molar-refractivity contribution >= 4 is 39.5 Å². The van der Waals surface area contributed by atoms with Crippen LogP contribution in [-0.4, -0.2) is 44.5 Å². The quantitative estimate of drug-likeness (QED) is 0.624. The molecule has 1 fully saturated rings. The van der Waals surface area contributed by atoms with E-state index in [2.05, 4.69) is 0 Å². The lowest BCUT2D eigenvalue weighted by Gasteiger charge is -2.40. The number of nitrogens with zero attached hydrogens (tertiary/aromatic N) is 2. The molecule has 2 aromatic rings. The number of carbonyl (C=O) groups is 1. The van der Waals surface area contributed by atoms with E-state index in [1.165, 1.54) is 4.31 Å². The van der Waals surface area contributed by atoms with Crippen LogP contribution in [0.15, 0.2) is 36.4 Å². The summed E-state index contributed by atoms with van der Waals surface area (Å²) in [6, 6.07) is 10.7. The van der Waals surface area contributed by atoms with Crippen LogP contribution in [0, 0.1) is 0 Å². The smallest absolute Gasteiger partial charge is 0.410 e. The highest BCUT2D eigenvalue weighted by Crippen LogP contribution is 2.34. The second kappa shape index (κ2) is 7.97. The fraction of sp³-hybridized carbons (Fsp3) is 0.450. The number of hydrogen-bond donors (Lipinski definition) is 1. The van der Waals surface area contributed by atoms with Gasteiger partial charge in [0.15, 0.2) is 0 Å². The molecule has 1 saturated heterocycles. The number of ether oxygens (including phenoxy) is 1. The van der Waals surface area contributed by atoms with Crippen molar-refractivity contribution < 1.29 is 18.3 Å². The molecule has 0 aromatic heterocycles. The van der Waals surface area contributed by atoms with Gasteiger partial charge in [-0.15, -0.1) is 0 Å². The molecular weight excluding hydrogens is 378 g/mol. The maximum Gasteiger partial charge on any atom is 0.410 e. The van der Waals surface area contributed by atoms with Crippen molar-refractivity contribution in [2.45, 2.75) is 45.3 Å². The van der Waals surface area contributed by atoms with Crippen LogP contribution >= 0.6 is 0 Å². The Labute approximate surface area is 167 Å². The molecule has 1 heterocycles. The molecule has 0 spiro atoms. The molecule has 1 unspecified atom stereocenters. The van der Waals surface area contributed by atoms with Crippen molar-refractivity contribution in [3.8, 4) is 0 Å². The summed E-state index contributed by atoms with van der Waals surface area (Å²) in [7, 11) is 0. The molecule has 1 aliphatic heterocycles. The van der Waals surface area contributed by atoms with Gasteiger partial charge in [-0.2, -0.15) is 0 Å². The van der Waals surface area contributed by atoms with Gasteiger partial charge >= 0.3 is 6.09 Å². The summed E-state index contributed by atoms with van der Waals surface area (Å²) in [4.78, 5) is 13.9. The van der Waals surface area contributed by atoms with Crippen molar-refractivity contribution in [2.75, 3.05) is 23.1 Å². The Morgan fingerprint density at radius 3 is 2.36 bits per heavy atom. The Kier molecular flexibility index (Phi) is 5.81. The van der Waals surface area contributed by atoms with E-state index < -0.39 is 16.9 Å². The molecular formula is C20H26N3O4S-. The van der Waals surface area contributed by atoms with Gasteiger partial charge in [-0.3, -0.25) is 8.51 Å². The largest absolute Gasteiger partial charge is 0.755 e. The van der Waals surface area contributed by atoms with Gasteiger partial charge in [-0.1, -0.05) is 24.3 Å². The van der Waals surface area contributed by atoms with Crippen LogP contribution in [0.25, 0.3) is 10.8 Å². The SMILES string of the molecule is CC(C)(C)OC(=O)N1CCC(N(c2ccc(N)c3ccccc23)S(=O)[O-])CC1. The molecule has 2 aromatic carbocycles. The first-order valence-corrected chi connectivity index (χ1v) is 10.3. The molecule has 1 amide bonds. The van der Waals surface area contributed by atoms with E-state index in [1.807, 2.05) is 45.0 Å². The summed E-state index contributed by atoms with van der Waals surface area (Å²) in [5, 5.41) is 1.61. The van der Waals surface area contributed by atoms with E-state index in [1.54, 1.807) is 17.0 Å². The molecule has 1 aliphatic rings. The number of amides is 1. The van der Waals surface area contributed by atoms with E-state index in [4.69, 9.17) is 10.5 Å². The van der Waals surface area contributed by atoms with E-state index in [0.29, 0.717) is 37.3 Å². The second-order valence-corrected chi connectivity index (χ2v) is 8.79. The Morgan fingerprint density at radius 2 is 1.79 bits per heavy atom. The third-order valence-corrected chi connectivity index (χ3v) is 5.60. The van der Waals surface area contributed by atoms with Gasteiger partial charge < -0.3 is 19.9 Å². The van der Waals surface area contributed by atoms with Gasteiger partial charge in [0, 0.05) is 46.9 Å². The lowest BCUT2D eigenvalue weighted by molar-refractivity contribution is 0.0208. The van der Waals surface area contributed by atoms with E-state index in [0.717, 1.165) is 10.8 Å². The highest BCUT2D eigenvalue weighted by atomic mass is 32.2. The topological polar surface area (TPSA) is 98.9 Å². The average molecular weight is 405 g/mol. The lowest BCUT2D eigenvalue weighted by Crippen LogP contribution is -2.48. The second-order valence-electron chi connectivity index (χ2n) is 7.96. The van der Waals surface area contributed by atoms with Crippen LogP contribution in [0.4, 0.5) is 16.2 Å². The number of benzene rings is 2. The molecule has 152 valence electrons. The molecule has 0 saturated carbocycles. The highest BCUT2D eigenvalue weighted by Gasteiger charge is 2.31. The Morgan fingerprint density at radius 1 is 1.18 bits per heavy atom. The minimum absolute atomic E-state index is 0.232. The zero-order chi connectivity index (χ0) is 20.5. The van der Waals surface area contributed by atoms with E-state index >= 15 is 0 Å². The number of rotatable bonds is 3. The van der Waals surface area contributed by atoms with Crippen molar-refractivity contribution in [3.63, 3.8) is 0 Å². The van der Waals surface area contributed by atoms with E-state index in [9.17, 15) is 13.6 Å². The van der Waals surface area contributed by atoms with Crippen LogP contribution in [0.1, 0.15) is 33.6 Å². The van der Waals surface area contributed by atoms with Crippen molar-refractivity contribution in [3.05, 3.63) is 36.4 Å². The molecule has 0 aliphatic carbocycles. The summed E-state index contributed by atoms with van der Waals surface area (Å²) >= 11 is -2.44. The Bertz CT molecular complexity index is 889. The number of hydrogen-bond acceptors (Lipinski definition) is 5. The van der Waals surface area contributed by atoms with Gasteiger partial charge in [0.1, 0.15) is 5.60 Å². The molecule has 8 heteroatoms. The fourth-order valence-electron chi connectivity index (χ4n) is 3.51. The Balaban J connectivity index is 1.82. The summed E-state index contributed by atoms with van der Waals surface area (Å²) in [5.41, 5.74) is 6.71. The number of likely N-dealkylation sites (tertiary alicyclic amines) is 1. The predicted molar refractivity (Wildman–Crippen MR) is 111 cm³/mol. The standard InChI is InChI=1S/C20H27N3O4S/c1-20(2,3)27-19(24)22-12-10-14(11-13-22)23(28(25)26)18-9-8-17(21)15-6-4-5-7-16(15)18/h4-9,14H,10-13,21H2,1-3H3,(H,25,26)/p-1. The molecule has 28 heavy (non-hydrogen) atoms. The van der Waals surface area contributed by atoms with Crippen molar-refractivity contribution in [1.29, 1.82) is 0 Å². The van der Waals surface area contributed by atoms with Crippen LogP contribution in [0.3, 0.4) is 0 Å². The number of piperidine rings is 1. The number of anilines is 2. The lowest BCUT2D eigenvalue weighted by atomic mass is 10.0. The molecule has 3 rings (SSSR count).